The summed E-state index contributed by atoms with van der Waals surface area (Å²) in [5.41, 5.74) is 2.92. The lowest BCUT2D eigenvalue weighted by Gasteiger charge is -2.24. The molecule has 0 aromatic heterocycles. The maximum atomic E-state index is 12.0. The quantitative estimate of drug-likeness (QED) is 0.490. The Balaban J connectivity index is 0.000000222. The highest BCUT2D eigenvalue weighted by molar-refractivity contribution is 5.89. The number of aryl methyl sites for hydroxylation is 2. The van der Waals surface area contributed by atoms with Gasteiger partial charge in [-0.05, 0) is 102 Å². The Bertz CT molecular complexity index is 776. The van der Waals surface area contributed by atoms with E-state index < -0.39 is 0 Å². The normalized spacial score (nSPS) is 15.1. The molecule has 2 aromatic rings. The number of rotatable bonds is 5. The van der Waals surface area contributed by atoms with Gasteiger partial charge in [-0.15, -0.1) is 0 Å². The van der Waals surface area contributed by atoms with Crippen molar-refractivity contribution >= 4 is 5.97 Å². The minimum absolute atomic E-state index is 0.103. The van der Waals surface area contributed by atoms with Crippen molar-refractivity contribution in [3.8, 4) is 5.75 Å². The first-order chi connectivity index (χ1) is 14.1. The van der Waals surface area contributed by atoms with E-state index in [9.17, 15) is 4.79 Å². The lowest BCUT2D eigenvalue weighted by molar-refractivity contribution is -0.00609. The Kier molecular flexibility index (Phi) is 8.52. The van der Waals surface area contributed by atoms with Crippen LogP contribution in [0.25, 0.3) is 0 Å². The fourth-order valence-corrected chi connectivity index (χ4v) is 3.53. The number of hydrogen-bond donors (Lipinski definition) is 0. The molecule has 30 heavy (non-hydrogen) atoms. The Labute approximate surface area is 182 Å². The third-order valence-corrected chi connectivity index (χ3v) is 5.35. The summed E-state index contributed by atoms with van der Waals surface area (Å²) in [7, 11) is 0. The van der Waals surface area contributed by atoms with Gasteiger partial charge in [0.25, 0.3) is 0 Å². The molecule has 1 aliphatic rings. The van der Waals surface area contributed by atoms with Crippen molar-refractivity contribution in [2.75, 3.05) is 0 Å². The third kappa shape index (κ3) is 7.85. The van der Waals surface area contributed by atoms with Crippen LogP contribution in [0.5, 0.6) is 5.75 Å². The van der Waals surface area contributed by atoms with Crippen molar-refractivity contribution in [3.05, 3.63) is 65.2 Å². The predicted octanol–water partition coefficient (Wildman–Crippen LogP) is 7.16. The Morgan fingerprint density at radius 3 is 1.77 bits per heavy atom. The standard InChI is InChI=1S/C15H20O2.C12H18O/c1-3-12-6-8-13(9-7-12)14(16)17-15(2)10-4-5-11-15;1-5-10-6-8-11(9-7-10)13-12(2,3)4/h6-9H,3-5,10-11H2,1-2H3;6-9H,5H2,1-4H3. The molecule has 3 nitrogen and oxygen atoms in total. The van der Waals surface area contributed by atoms with E-state index in [4.69, 9.17) is 9.47 Å². The zero-order valence-corrected chi connectivity index (χ0v) is 19.6. The van der Waals surface area contributed by atoms with Gasteiger partial charge in [-0.1, -0.05) is 38.1 Å². The smallest absolute Gasteiger partial charge is 0.338 e. The molecule has 0 spiro atoms. The predicted molar refractivity (Wildman–Crippen MR) is 124 cm³/mol. The number of ether oxygens (including phenoxy) is 2. The summed E-state index contributed by atoms with van der Waals surface area (Å²) in [6.45, 7) is 12.5. The van der Waals surface area contributed by atoms with E-state index in [2.05, 4.69) is 46.8 Å². The van der Waals surface area contributed by atoms with Gasteiger partial charge in [-0.3, -0.25) is 0 Å². The van der Waals surface area contributed by atoms with Crippen molar-refractivity contribution in [2.24, 2.45) is 0 Å². The summed E-state index contributed by atoms with van der Waals surface area (Å²) < 4.78 is 11.3. The van der Waals surface area contributed by atoms with Gasteiger partial charge in [-0.25, -0.2) is 4.79 Å². The second kappa shape index (κ2) is 10.7. The third-order valence-electron chi connectivity index (χ3n) is 5.35. The molecule has 0 radical (unpaired) electrons. The molecule has 0 N–H and O–H groups in total. The average Bonchev–Trinajstić information content (AvgIpc) is 3.14. The number of esters is 1. The second-order valence-electron chi connectivity index (χ2n) is 9.31. The highest BCUT2D eigenvalue weighted by Gasteiger charge is 2.32. The van der Waals surface area contributed by atoms with Crippen molar-refractivity contribution in [1.82, 2.24) is 0 Å². The monoisotopic (exact) mass is 410 g/mol. The Morgan fingerprint density at radius 2 is 1.33 bits per heavy atom. The maximum absolute atomic E-state index is 12.0. The van der Waals surface area contributed by atoms with Crippen LogP contribution in [-0.4, -0.2) is 17.2 Å². The molecule has 1 aliphatic carbocycles. The van der Waals surface area contributed by atoms with Crippen LogP contribution < -0.4 is 4.74 Å². The van der Waals surface area contributed by atoms with Crippen LogP contribution >= 0.6 is 0 Å². The van der Waals surface area contributed by atoms with Gasteiger partial charge in [0, 0.05) is 0 Å². The van der Waals surface area contributed by atoms with Crippen molar-refractivity contribution in [2.45, 2.75) is 91.3 Å². The summed E-state index contributed by atoms with van der Waals surface area (Å²) in [5.74, 6) is 0.766. The minimum atomic E-state index is -0.236. The fourth-order valence-electron chi connectivity index (χ4n) is 3.53. The van der Waals surface area contributed by atoms with Crippen molar-refractivity contribution in [3.63, 3.8) is 0 Å². The van der Waals surface area contributed by atoms with Crippen LogP contribution in [0.2, 0.25) is 0 Å². The van der Waals surface area contributed by atoms with Crippen LogP contribution in [0.4, 0.5) is 0 Å². The van der Waals surface area contributed by atoms with Crippen LogP contribution in [-0.2, 0) is 17.6 Å². The van der Waals surface area contributed by atoms with Crippen molar-refractivity contribution < 1.29 is 14.3 Å². The summed E-state index contributed by atoms with van der Waals surface area (Å²) in [5, 5.41) is 0. The van der Waals surface area contributed by atoms with E-state index in [1.54, 1.807) is 0 Å². The number of benzene rings is 2. The summed E-state index contributed by atoms with van der Waals surface area (Å²) >= 11 is 0. The molecule has 0 heterocycles. The van der Waals surface area contributed by atoms with E-state index in [0.717, 1.165) is 31.4 Å². The Morgan fingerprint density at radius 1 is 0.867 bits per heavy atom. The van der Waals surface area contributed by atoms with Gasteiger partial charge >= 0.3 is 5.97 Å². The van der Waals surface area contributed by atoms with Gasteiger partial charge in [0.05, 0.1) is 5.56 Å². The van der Waals surface area contributed by atoms with E-state index in [1.807, 2.05) is 43.3 Å². The van der Waals surface area contributed by atoms with E-state index >= 15 is 0 Å². The van der Waals surface area contributed by atoms with Crippen LogP contribution in [0.3, 0.4) is 0 Å². The van der Waals surface area contributed by atoms with E-state index in [0.29, 0.717) is 5.56 Å². The van der Waals surface area contributed by atoms with Gasteiger partial charge < -0.3 is 9.47 Å². The van der Waals surface area contributed by atoms with Gasteiger partial charge in [-0.2, -0.15) is 0 Å². The molecule has 0 bridgehead atoms. The first-order valence-corrected chi connectivity index (χ1v) is 11.2. The van der Waals surface area contributed by atoms with Crippen LogP contribution in [0.15, 0.2) is 48.5 Å². The lowest BCUT2D eigenvalue weighted by atomic mass is 10.1. The second-order valence-corrected chi connectivity index (χ2v) is 9.31. The van der Waals surface area contributed by atoms with Gasteiger partial charge in [0.2, 0.25) is 0 Å². The molecule has 3 rings (SSSR count). The molecule has 1 fully saturated rings. The SMILES string of the molecule is CCc1ccc(C(=O)OC2(C)CCCC2)cc1.CCc1ccc(OC(C)(C)C)cc1. The molecule has 0 saturated heterocycles. The fraction of sp³-hybridized carbons (Fsp3) is 0.519. The zero-order chi connectivity index (χ0) is 22.2. The molecule has 0 unspecified atom stereocenters. The summed E-state index contributed by atoms with van der Waals surface area (Å²) in [4.78, 5) is 12.0. The number of carbonyl (C=O) groups excluding carboxylic acids is 1. The molecule has 1 saturated carbocycles. The van der Waals surface area contributed by atoms with E-state index in [-0.39, 0.29) is 17.2 Å². The Hall–Kier alpha value is -2.29. The molecule has 164 valence electrons. The summed E-state index contributed by atoms with van der Waals surface area (Å²) in [6, 6.07) is 16.0. The molecule has 2 aromatic carbocycles. The lowest BCUT2D eigenvalue weighted by Crippen LogP contribution is -2.28. The molecule has 0 amide bonds. The van der Waals surface area contributed by atoms with Crippen LogP contribution in [0, 0.1) is 0 Å². The largest absolute Gasteiger partial charge is 0.488 e. The summed E-state index contributed by atoms with van der Waals surface area (Å²) in [6.07, 6.45) is 6.39. The molecule has 3 heteroatoms. The highest BCUT2D eigenvalue weighted by Crippen LogP contribution is 2.33. The number of carbonyl (C=O) groups is 1. The molecule has 0 aliphatic heterocycles. The number of hydrogen-bond acceptors (Lipinski definition) is 3. The van der Waals surface area contributed by atoms with Crippen LogP contribution in [0.1, 0.15) is 88.7 Å². The maximum Gasteiger partial charge on any atom is 0.338 e. The van der Waals surface area contributed by atoms with Crippen molar-refractivity contribution in [1.29, 1.82) is 0 Å². The minimum Gasteiger partial charge on any atom is -0.488 e. The topological polar surface area (TPSA) is 35.5 Å². The van der Waals surface area contributed by atoms with Gasteiger partial charge in [0.15, 0.2) is 0 Å². The first-order valence-electron chi connectivity index (χ1n) is 11.2. The highest BCUT2D eigenvalue weighted by atomic mass is 16.6. The molecular formula is C27H38O3. The molecule has 0 atom stereocenters. The molecular weight excluding hydrogens is 372 g/mol. The zero-order valence-electron chi connectivity index (χ0n) is 19.6. The van der Waals surface area contributed by atoms with Gasteiger partial charge in [0.1, 0.15) is 17.0 Å². The average molecular weight is 411 g/mol. The first kappa shape index (κ1) is 24.0. The van der Waals surface area contributed by atoms with E-state index in [1.165, 1.54) is 24.0 Å².